The molecule has 0 spiro atoms. The van der Waals surface area contributed by atoms with Gasteiger partial charge in [-0.2, -0.15) is 0 Å². The summed E-state index contributed by atoms with van der Waals surface area (Å²) in [4.78, 5) is 23.9. The quantitative estimate of drug-likeness (QED) is 0.902. The molecule has 2 rings (SSSR count). The maximum Gasteiger partial charge on any atom is 0.255 e. The predicted molar refractivity (Wildman–Crippen MR) is 74.8 cm³/mol. The summed E-state index contributed by atoms with van der Waals surface area (Å²) in [5, 5.41) is 2.87. The lowest BCUT2D eigenvalue weighted by atomic mass is 9.64. The summed E-state index contributed by atoms with van der Waals surface area (Å²) >= 11 is 0. The third kappa shape index (κ3) is 2.88. The van der Waals surface area contributed by atoms with Gasteiger partial charge in [0, 0.05) is 30.8 Å². The Bertz CT molecular complexity index is 550. The third-order valence-corrected chi connectivity index (χ3v) is 4.06. The summed E-state index contributed by atoms with van der Waals surface area (Å²) in [7, 11) is 1.75. The third-order valence-electron chi connectivity index (χ3n) is 4.06. The van der Waals surface area contributed by atoms with Gasteiger partial charge in [-0.05, 0) is 31.2 Å². The second kappa shape index (κ2) is 4.83. The first-order valence-corrected chi connectivity index (χ1v) is 6.73. The second-order valence-corrected chi connectivity index (χ2v) is 6.35. The number of hydrogen-bond acceptors (Lipinski definition) is 2. The number of carbonyl (C=O) groups excluding carboxylic acids is 1. The smallest absolute Gasteiger partial charge is 0.255 e. The van der Waals surface area contributed by atoms with Crippen LogP contribution in [0.5, 0.6) is 0 Å². The Kier molecular flexibility index (Phi) is 3.52. The molecular formula is C15H22N2O2. The number of carbonyl (C=O) groups is 1. The molecule has 0 atom stereocenters. The molecule has 4 heteroatoms. The molecule has 0 unspecified atom stereocenters. The van der Waals surface area contributed by atoms with Gasteiger partial charge in [0.1, 0.15) is 0 Å². The van der Waals surface area contributed by atoms with Gasteiger partial charge in [0.15, 0.2) is 0 Å². The van der Waals surface area contributed by atoms with Gasteiger partial charge in [0.05, 0.1) is 0 Å². The van der Waals surface area contributed by atoms with Crippen LogP contribution in [-0.2, 0) is 18.4 Å². The summed E-state index contributed by atoms with van der Waals surface area (Å²) in [6.45, 7) is 6.56. The molecule has 1 fully saturated rings. The molecule has 0 aliphatic heterocycles. The molecule has 0 radical (unpaired) electrons. The fraction of sp³-hybridized carbons (Fsp3) is 0.600. The molecule has 1 N–H and O–H groups in total. The Morgan fingerprint density at radius 3 is 2.63 bits per heavy atom. The molecule has 1 saturated carbocycles. The SMILES string of the molecule is Cc1ccc(CNC(=O)C2CC(C)(C)C2)c(=O)n1C. The van der Waals surface area contributed by atoms with Crippen LogP contribution < -0.4 is 10.9 Å². The van der Waals surface area contributed by atoms with Crippen molar-refractivity contribution in [1.82, 2.24) is 9.88 Å². The van der Waals surface area contributed by atoms with Crippen LogP contribution in [-0.4, -0.2) is 10.5 Å². The molecule has 19 heavy (non-hydrogen) atoms. The monoisotopic (exact) mass is 262 g/mol. The van der Waals surface area contributed by atoms with Gasteiger partial charge in [-0.15, -0.1) is 0 Å². The van der Waals surface area contributed by atoms with Gasteiger partial charge in [-0.3, -0.25) is 9.59 Å². The van der Waals surface area contributed by atoms with Crippen LogP contribution in [0, 0.1) is 18.3 Å². The largest absolute Gasteiger partial charge is 0.352 e. The molecular weight excluding hydrogens is 240 g/mol. The van der Waals surface area contributed by atoms with Crippen LogP contribution in [0.3, 0.4) is 0 Å². The van der Waals surface area contributed by atoms with E-state index in [4.69, 9.17) is 0 Å². The van der Waals surface area contributed by atoms with Gasteiger partial charge in [-0.1, -0.05) is 19.9 Å². The van der Waals surface area contributed by atoms with E-state index in [0.29, 0.717) is 17.5 Å². The van der Waals surface area contributed by atoms with Crippen molar-refractivity contribution >= 4 is 5.91 Å². The van der Waals surface area contributed by atoms with E-state index in [0.717, 1.165) is 18.5 Å². The average molecular weight is 262 g/mol. The maximum atomic E-state index is 12.0. The molecule has 0 bridgehead atoms. The zero-order valence-corrected chi connectivity index (χ0v) is 12.1. The van der Waals surface area contributed by atoms with E-state index in [1.165, 1.54) is 0 Å². The van der Waals surface area contributed by atoms with E-state index >= 15 is 0 Å². The summed E-state index contributed by atoms with van der Waals surface area (Å²) in [5.74, 6) is 0.186. The fourth-order valence-electron chi connectivity index (χ4n) is 2.70. The van der Waals surface area contributed by atoms with E-state index in [1.54, 1.807) is 17.7 Å². The molecule has 0 saturated heterocycles. The Morgan fingerprint density at radius 1 is 1.42 bits per heavy atom. The van der Waals surface area contributed by atoms with Crippen LogP contribution in [0.15, 0.2) is 16.9 Å². The second-order valence-electron chi connectivity index (χ2n) is 6.35. The first-order chi connectivity index (χ1) is 8.80. The Hall–Kier alpha value is -1.58. The van der Waals surface area contributed by atoms with Crippen LogP contribution >= 0.6 is 0 Å². The van der Waals surface area contributed by atoms with Crippen molar-refractivity contribution in [3.63, 3.8) is 0 Å². The Balaban J connectivity index is 1.95. The predicted octanol–water partition coefficient (Wildman–Crippen LogP) is 1.75. The molecule has 1 aliphatic carbocycles. The van der Waals surface area contributed by atoms with E-state index in [2.05, 4.69) is 19.2 Å². The van der Waals surface area contributed by atoms with Crippen molar-refractivity contribution in [2.45, 2.75) is 40.2 Å². The zero-order chi connectivity index (χ0) is 14.2. The molecule has 1 aromatic heterocycles. The van der Waals surface area contributed by atoms with E-state index in [1.807, 2.05) is 13.0 Å². The lowest BCUT2D eigenvalue weighted by molar-refractivity contribution is -0.131. The van der Waals surface area contributed by atoms with Gasteiger partial charge in [-0.25, -0.2) is 0 Å². The fourth-order valence-corrected chi connectivity index (χ4v) is 2.70. The van der Waals surface area contributed by atoms with Gasteiger partial charge in [0.25, 0.3) is 5.56 Å². The topological polar surface area (TPSA) is 51.1 Å². The average Bonchev–Trinajstić information content (AvgIpc) is 2.31. The highest BCUT2D eigenvalue weighted by molar-refractivity contribution is 5.79. The zero-order valence-electron chi connectivity index (χ0n) is 12.1. The van der Waals surface area contributed by atoms with Gasteiger partial charge in [0.2, 0.25) is 5.91 Å². The van der Waals surface area contributed by atoms with Gasteiger partial charge < -0.3 is 9.88 Å². The van der Waals surface area contributed by atoms with Crippen molar-refractivity contribution in [3.8, 4) is 0 Å². The number of aromatic nitrogens is 1. The minimum absolute atomic E-state index is 0.0331. The van der Waals surface area contributed by atoms with Crippen molar-refractivity contribution in [2.24, 2.45) is 18.4 Å². The van der Waals surface area contributed by atoms with Crippen LogP contribution in [0.1, 0.15) is 37.9 Å². The molecule has 1 aliphatic rings. The Morgan fingerprint density at radius 2 is 2.05 bits per heavy atom. The number of pyridine rings is 1. The van der Waals surface area contributed by atoms with Gasteiger partial charge >= 0.3 is 0 Å². The lowest BCUT2D eigenvalue weighted by Gasteiger charge is -2.41. The molecule has 1 aromatic rings. The summed E-state index contributed by atoms with van der Waals surface area (Å²) in [6.07, 6.45) is 1.87. The molecule has 0 aromatic carbocycles. The highest BCUT2D eigenvalue weighted by Gasteiger charge is 2.40. The summed E-state index contributed by atoms with van der Waals surface area (Å²) < 4.78 is 1.61. The van der Waals surface area contributed by atoms with Crippen LogP contribution in [0.2, 0.25) is 0 Å². The van der Waals surface area contributed by atoms with E-state index in [-0.39, 0.29) is 17.4 Å². The molecule has 1 amide bonds. The number of hydrogen-bond donors (Lipinski definition) is 1. The summed E-state index contributed by atoms with van der Waals surface area (Å²) in [6, 6.07) is 3.69. The Labute approximate surface area is 113 Å². The first kappa shape index (κ1) is 13.8. The van der Waals surface area contributed by atoms with Crippen LogP contribution in [0.25, 0.3) is 0 Å². The molecule has 104 valence electrons. The minimum Gasteiger partial charge on any atom is -0.352 e. The van der Waals surface area contributed by atoms with E-state index in [9.17, 15) is 9.59 Å². The summed E-state index contributed by atoms with van der Waals surface area (Å²) in [5.41, 5.74) is 1.82. The lowest BCUT2D eigenvalue weighted by Crippen LogP contribution is -2.43. The number of rotatable bonds is 3. The maximum absolute atomic E-state index is 12.0. The number of nitrogens with zero attached hydrogens (tertiary/aromatic N) is 1. The first-order valence-electron chi connectivity index (χ1n) is 6.73. The molecule has 4 nitrogen and oxygen atoms in total. The number of nitrogens with one attached hydrogen (secondary N) is 1. The number of aryl methyl sites for hydroxylation is 1. The van der Waals surface area contributed by atoms with Crippen molar-refractivity contribution < 1.29 is 4.79 Å². The minimum atomic E-state index is -0.0331. The van der Waals surface area contributed by atoms with Crippen LogP contribution in [0.4, 0.5) is 0 Å². The molecule has 1 heterocycles. The highest BCUT2D eigenvalue weighted by atomic mass is 16.2. The normalized spacial score (nSPS) is 17.9. The van der Waals surface area contributed by atoms with Crippen molar-refractivity contribution in [1.29, 1.82) is 0 Å². The number of amides is 1. The standard InChI is InChI=1S/C15H22N2O2/c1-10-5-6-11(14(19)17(10)4)9-16-13(18)12-7-15(2,3)8-12/h5-6,12H,7-9H2,1-4H3,(H,16,18). The van der Waals surface area contributed by atoms with E-state index < -0.39 is 0 Å². The van der Waals surface area contributed by atoms with Crippen molar-refractivity contribution in [2.75, 3.05) is 0 Å². The highest BCUT2D eigenvalue weighted by Crippen LogP contribution is 2.44. The van der Waals surface area contributed by atoms with Crippen molar-refractivity contribution in [3.05, 3.63) is 33.7 Å².